The molecular weight excluding hydrogens is 218 g/mol. The Kier molecular flexibility index (Phi) is 3.15. The maximum Gasteiger partial charge on any atom is 0.407 e. The molecule has 1 aromatic rings. The van der Waals surface area contributed by atoms with Gasteiger partial charge in [-0.1, -0.05) is 5.92 Å². The van der Waals surface area contributed by atoms with Gasteiger partial charge in [0.25, 0.3) is 0 Å². The molecule has 1 saturated heterocycles. The van der Waals surface area contributed by atoms with Gasteiger partial charge in [0, 0.05) is 37.9 Å². The van der Waals surface area contributed by atoms with Gasteiger partial charge in [-0.25, -0.2) is 9.78 Å². The molecule has 1 amide bonds. The van der Waals surface area contributed by atoms with Crippen LogP contribution in [0.5, 0.6) is 0 Å². The second-order valence-corrected chi connectivity index (χ2v) is 3.81. The summed E-state index contributed by atoms with van der Waals surface area (Å²) in [4.78, 5) is 18.5. The monoisotopic (exact) mass is 231 g/mol. The van der Waals surface area contributed by atoms with Gasteiger partial charge in [0.1, 0.15) is 5.82 Å². The van der Waals surface area contributed by atoms with E-state index in [9.17, 15) is 4.79 Å². The number of terminal acetylenes is 1. The number of anilines is 1. The third kappa shape index (κ3) is 2.48. The van der Waals surface area contributed by atoms with Crippen LogP contribution in [0, 0.1) is 12.3 Å². The van der Waals surface area contributed by atoms with Crippen LogP contribution in [-0.2, 0) is 0 Å². The smallest absolute Gasteiger partial charge is 0.407 e. The molecule has 2 heterocycles. The Hall–Kier alpha value is -2.22. The first-order valence-electron chi connectivity index (χ1n) is 5.36. The van der Waals surface area contributed by atoms with E-state index in [1.807, 2.05) is 12.1 Å². The van der Waals surface area contributed by atoms with Crippen LogP contribution in [0.25, 0.3) is 0 Å². The third-order valence-corrected chi connectivity index (χ3v) is 2.79. The van der Waals surface area contributed by atoms with Crippen molar-refractivity contribution < 1.29 is 9.90 Å². The van der Waals surface area contributed by atoms with Crippen LogP contribution in [0.15, 0.2) is 18.3 Å². The summed E-state index contributed by atoms with van der Waals surface area (Å²) in [5.74, 6) is 3.35. The molecule has 0 atom stereocenters. The minimum Gasteiger partial charge on any atom is -0.465 e. The molecule has 5 nitrogen and oxygen atoms in total. The highest BCUT2D eigenvalue weighted by atomic mass is 16.4. The van der Waals surface area contributed by atoms with Gasteiger partial charge in [-0.2, -0.15) is 0 Å². The molecule has 17 heavy (non-hydrogen) atoms. The zero-order valence-electron chi connectivity index (χ0n) is 9.33. The minimum atomic E-state index is -0.861. The third-order valence-electron chi connectivity index (χ3n) is 2.79. The number of nitrogens with zero attached hydrogens (tertiary/aromatic N) is 3. The first-order chi connectivity index (χ1) is 8.20. The average Bonchev–Trinajstić information content (AvgIpc) is 2.39. The normalized spacial score (nSPS) is 15.5. The lowest BCUT2D eigenvalue weighted by atomic mass is 10.2. The summed E-state index contributed by atoms with van der Waals surface area (Å²) < 4.78 is 0. The molecule has 1 fully saturated rings. The SMILES string of the molecule is C#Cc1ccc(N2CCN(C(=O)O)CC2)nc1. The molecule has 0 aromatic carbocycles. The van der Waals surface area contributed by atoms with Gasteiger partial charge in [-0.05, 0) is 12.1 Å². The number of pyridine rings is 1. The maximum absolute atomic E-state index is 10.8. The Morgan fingerprint density at radius 2 is 2.06 bits per heavy atom. The summed E-state index contributed by atoms with van der Waals surface area (Å²) >= 11 is 0. The van der Waals surface area contributed by atoms with E-state index in [1.54, 1.807) is 6.20 Å². The molecule has 88 valence electrons. The van der Waals surface area contributed by atoms with Gasteiger partial charge in [0.15, 0.2) is 0 Å². The van der Waals surface area contributed by atoms with E-state index in [-0.39, 0.29) is 0 Å². The van der Waals surface area contributed by atoms with Crippen molar-refractivity contribution in [1.82, 2.24) is 9.88 Å². The molecule has 1 aliphatic rings. The lowest BCUT2D eigenvalue weighted by Crippen LogP contribution is -2.48. The van der Waals surface area contributed by atoms with Crippen LogP contribution < -0.4 is 4.90 Å². The largest absolute Gasteiger partial charge is 0.465 e. The highest BCUT2D eigenvalue weighted by molar-refractivity contribution is 5.65. The van der Waals surface area contributed by atoms with E-state index in [0.717, 1.165) is 11.4 Å². The molecule has 0 spiro atoms. The first kappa shape index (κ1) is 11.3. The predicted molar refractivity (Wildman–Crippen MR) is 64.0 cm³/mol. The summed E-state index contributed by atoms with van der Waals surface area (Å²) in [7, 11) is 0. The van der Waals surface area contributed by atoms with Crippen molar-refractivity contribution in [2.24, 2.45) is 0 Å². The van der Waals surface area contributed by atoms with E-state index in [2.05, 4.69) is 15.8 Å². The number of carbonyl (C=O) groups is 1. The molecule has 1 aliphatic heterocycles. The zero-order chi connectivity index (χ0) is 12.3. The standard InChI is InChI=1S/C12H13N3O2/c1-2-10-3-4-11(13-9-10)14-5-7-15(8-6-14)12(16)17/h1,3-4,9H,5-8H2,(H,16,17). The lowest BCUT2D eigenvalue weighted by Gasteiger charge is -2.33. The summed E-state index contributed by atoms with van der Waals surface area (Å²) in [5, 5.41) is 8.83. The minimum absolute atomic E-state index is 0.508. The topological polar surface area (TPSA) is 56.7 Å². The van der Waals surface area contributed by atoms with Crippen molar-refractivity contribution in [2.45, 2.75) is 0 Å². The van der Waals surface area contributed by atoms with Crippen molar-refractivity contribution >= 4 is 11.9 Å². The fourth-order valence-electron chi connectivity index (χ4n) is 1.79. The van der Waals surface area contributed by atoms with Crippen molar-refractivity contribution in [1.29, 1.82) is 0 Å². The average molecular weight is 231 g/mol. The molecule has 1 aromatic heterocycles. The second kappa shape index (κ2) is 4.74. The molecular formula is C12H13N3O2. The van der Waals surface area contributed by atoms with Gasteiger partial charge in [-0.3, -0.25) is 0 Å². The van der Waals surface area contributed by atoms with E-state index >= 15 is 0 Å². The first-order valence-corrected chi connectivity index (χ1v) is 5.36. The van der Waals surface area contributed by atoms with Crippen LogP contribution in [0.3, 0.4) is 0 Å². The molecule has 0 saturated carbocycles. The summed E-state index contributed by atoms with van der Waals surface area (Å²) in [6.45, 7) is 2.34. The quantitative estimate of drug-likeness (QED) is 0.728. The van der Waals surface area contributed by atoms with Gasteiger partial charge in [0.05, 0.1) is 0 Å². The van der Waals surface area contributed by atoms with Gasteiger partial charge < -0.3 is 14.9 Å². The second-order valence-electron chi connectivity index (χ2n) is 3.81. The molecule has 2 rings (SSSR count). The number of hydrogen-bond donors (Lipinski definition) is 1. The summed E-state index contributed by atoms with van der Waals surface area (Å²) in [6, 6.07) is 3.71. The predicted octanol–water partition coefficient (Wildman–Crippen LogP) is 0.863. The van der Waals surface area contributed by atoms with Crippen LogP contribution in [-0.4, -0.2) is 47.3 Å². The Morgan fingerprint density at radius 3 is 2.53 bits per heavy atom. The zero-order valence-corrected chi connectivity index (χ0v) is 9.33. The summed E-state index contributed by atoms with van der Waals surface area (Å²) in [6.07, 6.45) is 6.05. The van der Waals surface area contributed by atoms with Gasteiger partial charge >= 0.3 is 6.09 Å². The van der Waals surface area contributed by atoms with Crippen LogP contribution in [0.1, 0.15) is 5.56 Å². The molecule has 0 radical (unpaired) electrons. The van der Waals surface area contributed by atoms with Gasteiger partial charge in [0.2, 0.25) is 0 Å². The van der Waals surface area contributed by atoms with E-state index in [0.29, 0.717) is 26.2 Å². The van der Waals surface area contributed by atoms with Crippen LogP contribution in [0.4, 0.5) is 10.6 Å². The molecule has 0 aliphatic carbocycles. The number of carboxylic acid groups (broad SMARTS) is 1. The molecule has 1 N–H and O–H groups in total. The number of aromatic nitrogens is 1. The summed E-state index contributed by atoms with van der Waals surface area (Å²) in [5.41, 5.74) is 0.748. The van der Waals surface area contributed by atoms with Crippen molar-refractivity contribution in [3.05, 3.63) is 23.9 Å². The molecule has 5 heteroatoms. The maximum atomic E-state index is 10.8. The molecule has 0 bridgehead atoms. The van der Waals surface area contributed by atoms with E-state index in [4.69, 9.17) is 11.5 Å². The Labute approximate surface area is 99.7 Å². The Bertz CT molecular complexity index is 442. The number of piperazine rings is 1. The number of amides is 1. The van der Waals surface area contributed by atoms with Gasteiger partial charge in [-0.15, -0.1) is 6.42 Å². The Morgan fingerprint density at radius 1 is 1.35 bits per heavy atom. The van der Waals surface area contributed by atoms with Crippen molar-refractivity contribution in [2.75, 3.05) is 31.1 Å². The van der Waals surface area contributed by atoms with Crippen LogP contribution >= 0.6 is 0 Å². The Balaban J connectivity index is 2.00. The highest BCUT2D eigenvalue weighted by Crippen LogP contribution is 2.13. The lowest BCUT2D eigenvalue weighted by molar-refractivity contribution is 0.142. The number of rotatable bonds is 1. The van der Waals surface area contributed by atoms with Crippen LogP contribution in [0.2, 0.25) is 0 Å². The highest BCUT2D eigenvalue weighted by Gasteiger charge is 2.20. The molecule has 0 unspecified atom stereocenters. The van der Waals surface area contributed by atoms with Crippen molar-refractivity contribution in [3.63, 3.8) is 0 Å². The fourth-order valence-corrected chi connectivity index (χ4v) is 1.79. The van der Waals surface area contributed by atoms with E-state index in [1.165, 1.54) is 4.90 Å². The van der Waals surface area contributed by atoms with Crippen molar-refractivity contribution in [3.8, 4) is 12.3 Å². The number of hydrogen-bond acceptors (Lipinski definition) is 3. The fraction of sp³-hybridized carbons (Fsp3) is 0.333. The van der Waals surface area contributed by atoms with E-state index < -0.39 is 6.09 Å².